The number of piperazine rings is 3. The van der Waals surface area contributed by atoms with Gasteiger partial charge < -0.3 is 10.3 Å². The summed E-state index contributed by atoms with van der Waals surface area (Å²) < 4.78 is 5.48. The Morgan fingerprint density at radius 2 is 1.89 bits per heavy atom. The van der Waals surface area contributed by atoms with Gasteiger partial charge in [0.2, 0.25) is 5.89 Å². The largest absolute Gasteiger partial charge is 0.337 e. The van der Waals surface area contributed by atoms with Crippen LogP contribution in [0.25, 0.3) is 0 Å². The van der Waals surface area contributed by atoms with Crippen molar-refractivity contribution in [3.8, 4) is 0 Å². The number of nitrogens with two attached hydrogens (primary N) is 1. The minimum atomic E-state index is -0.367. The first-order valence-electron chi connectivity index (χ1n) is 7.34. The first-order chi connectivity index (χ1) is 9.24. The molecule has 1 atom stereocenters. The molecule has 1 unspecified atom stereocenters. The fourth-order valence-corrected chi connectivity index (χ4v) is 3.65. The predicted molar refractivity (Wildman–Crippen MR) is 69.4 cm³/mol. The second kappa shape index (κ2) is 4.26. The van der Waals surface area contributed by atoms with Crippen LogP contribution in [-0.2, 0) is 5.54 Å². The van der Waals surface area contributed by atoms with Crippen LogP contribution in [0.15, 0.2) is 4.52 Å². The molecule has 1 aliphatic carbocycles. The summed E-state index contributed by atoms with van der Waals surface area (Å²) in [6.07, 6.45) is 4.26. The number of hydrogen-bond donors (Lipinski definition) is 1. The van der Waals surface area contributed by atoms with E-state index in [9.17, 15) is 0 Å². The first kappa shape index (κ1) is 11.8. The van der Waals surface area contributed by atoms with Crippen LogP contribution >= 0.6 is 0 Å². The van der Waals surface area contributed by atoms with E-state index >= 15 is 0 Å². The molecule has 0 radical (unpaired) electrons. The van der Waals surface area contributed by atoms with Crippen molar-refractivity contribution in [2.75, 3.05) is 32.7 Å². The number of aromatic nitrogens is 2. The maximum Gasteiger partial charge on any atom is 0.246 e. The Kier molecular flexibility index (Phi) is 2.65. The van der Waals surface area contributed by atoms with Crippen LogP contribution in [0.5, 0.6) is 0 Å². The molecule has 0 aromatic carbocycles. The molecule has 2 N–H and O–H groups in total. The minimum absolute atomic E-state index is 0.296. The Morgan fingerprint density at radius 3 is 2.53 bits per heavy atom. The van der Waals surface area contributed by atoms with E-state index in [4.69, 9.17) is 10.3 Å². The molecular formula is C13H21N5O. The molecule has 6 nitrogen and oxygen atoms in total. The van der Waals surface area contributed by atoms with Crippen molar-refractivity contribution in [3.05, 3.63) is 11.7 Å². The zero-order valence-electron chi connectivity index (χ0n) is 11.2. The smallest absolute Gasteiger partial charge is 0.246 e. The van der Waals surface area contributed by atoms with Gasteiger partial charge in [0, 0.05) is 32.7 Å². The molecule has 4 aliphatic rings. The molecular weight excluding hydrogens is 242 g/mol. The Morgan fingerprint density at radius 1 is 1.16 bits per heavy atom. The SMILES string of the molecule is NC1(c2nc(C3CN4CCN3CC4)no2)CCCC1. The highest BCUT2D eigenvalue weighted by Crippen LogP contribution is 2.36. The molecule has 3 aliphatic heterocycles. The van der Waals surface area contributed by atoms with Gasteiger partial charge >= 0.3 is 0 Å². The van der Waals surface area contributed by atoms with Gasteiger partial charge in [0.25, 0.3) is 0 Å². The second-order valence-corrected chi connectivity index (χ2v) is 6.17. The molecule has 5 rings (SSSR count). The van der Waals surface area contributed by atoms with E-state index < -0.39 is 0 Å². The van der Waals surface area contributed by atoms with E-state index in [0.717, 1.165) is 51.1 Å². The Balaban J connectivity index is 1.58. The quantitative estimate of drug-likeness (QED) is 0.836. The number of fused-ring (bicyclic) bond motifs is 3. The zero-order chi connectivity index (χ0) is 12.9. The van der Waals surface area contributed by atoms with Gasteiger partial charge in [-0.3, -0.25) is 9.80 Å². The lowest BCUT2D eigenvalue weighted by Gasteiger charge is -2.46. The molecule has 6 heteroatoms. The van der Waals surface area contributed by atoms with Crippen LogP contribution in [0.3, 0.4) is 0 Å². The summed E-state index contributed by atoms with van der Waals surface area (Å²) in [7, 11) is 0. The third-order valence-corrected chi connectivity index (χ3v) is 4.94. The lowest BCUT2D eigenvalue weighted by molar-refractivity contribution is 0.00781. The van der Waals surface area contributed by atoms with Crippen molar-refractivity contribution in [1.82, 2.24) is 19.9 Å². The van der Waals surface area contributed by atoms with Crippen molar-refractivity contribution in [2.24, 2.45) is 5.73 Å². The summed E-state index contributed by atoms with van der Waals surface area (Å²) in [5.74, 6) is 1.48. The summed E-state index contributed by atoms with van der Waals surface area (Å²) in [5, 5.41) is 4.21. The zero-order valence-corrected chi connectivity index (χ0v) is 11.2. The summed E-state index contributed by atoms with van der Waals surface area (Å²) in [5.41, 5.74) is 6.01. The average molecular weight is 263 g/mol. The monoisotopic (exact) mass is 263 g/mol. The number of rotatable bonds is 2. The van der Waals surface area contributed by atoms with Gasteiger partial charge in [0.15, 0.2) is 5.82 Å². The molecule has 0 amide bonds. The van der Waals surface area contributed by atoms with Crippen molar-refractivity contribution >= 4 is 0 Å². The fourth-order valence-electron chi connectivity index (χ4n) is 3.65. The number of hydrogen-bond acceptors (Lipinski definition) is 6. The highest BCUT2D eigenvalue weighted by Gasteiger charge is 2.40. The molecule has 4 heterocycles. The van der Waals surface area contributed by atoms with Crippen molar-refractivity contribution in [1.29, 1.82) is 0 Å². The van der Waals surface area contributed by atoms with E-state index in [1.165, 1.54) is 13.1 Å². The Bertz CT molecular complexity index is 459. The maximum absolute atomic E-state index is 6.38. The molecule has 104 valence electrons. The van der Waals surface area contributed by atoms with E-state index in [1.54, 1.807) is 0 Å². The third-order valence-electron chi connectivity index (χ3n) is 4.94. The van der Waals surface area contributed by atoms with Gasteiger partial charge in [-0.05, 0) is 12.8 Å². The minimum Gasteiger partial charge on any atom is -0.337 e. The van der Waals surface area contributed by atoms with Crippen LogP contribution in [0.1, 0.15) is 43.4 Å². The highest BCUT2D eigenvalue weighted by molar-refractivity contribution is 5.08. The molecule has 1 aromatic rings. The van der Waals surface area contributed by atoms with Gasteiger partial charge in [-0.25, -0.2) is 0 Å². The van der Waals surface area contributed by atoms with Crippen LogP contribution in [0.2, 0.25) is 0 Å². The van der Waals surface area contributed by atoms with Crippen LogP contribution in [-0.4, -0.2) is 52.7 Å². The summed E-state index contributed by atoms with van der Waals surface area (Å²) >= 11 is 0. The third kappa shape index (κ3) is 1.89. The fraction of sp³-hybridized carbons (Fsp3) is 0.846. The molecule has 1 saturated carbocycles. The van der Waals surface area contributed by atoms with E-state index in [0.29, 0.717) is 11.9 Å². The number of nitrogens with zero attached hydrogens (tertiary/aromatic N) is 4. The van der Waals surface area contributed by atoms with Gasteiger partial charge in [0.1, 0.15) is 0 Å². The summed E-state index contributed by atoms with van der Waals surface area (Å²) in [4.78, 5) is 9.58. The van der Waals surface area contributed by atoms with Gasteiger partial charge in [-0.15, -0.1) is 0 Å². The van der Waals surface area contributed by atoms with Crippen LogP contribution in [0, 0.1) is 0 Å². The van der Waals surface area contributed by atoms with E-state index in [-0.39, 0.29) is 5.54 Å². The molecule has 0 spiro atoms. The second-order valence-electron chi connectivity index (χ2n) is 6.17. The highest BCUT2D eigenvalue weighted by atomic mass is 16.5. The predicted octanol–water partition coefficient (Wildman–Crippen LogP) is 0.470. The molecule has 2 bridgehead atoms. The van der Waals surface area contributed by atoms with Gasteiger partial charge in [-0.2, -0.15) is 4.98 Å². The summed E-state index contributed by atoms with van der Waals surface area (Å²) in [6, 6.07) is 0.296. The molecule has 3 saturated heterocycles. The topological polar surface area (TPSA) is 71.4 Å². The van der Waals surface area contributed by atoms with Crippen LogP contribution in [0.4, 0.5) is 0 Å². The normalized spacial score (nSPS) is 36.8. The Hall–Kier alpha value is -0.980. The molecule has 19 heavy (non-hydrogen) atoms. The average Bonchev–Trinajstić information content (AvgIpc) is 3.09. The first-order valence-corrected chi connectivity index (χ1v) is 7.34. The summed E-state index contributed by atoms with van der Waals surface area (Å²) in [6.45, 7) is 5.59. The van der Waals surface area contributed by atoms with Gasteiger partial charge in [0.05, 0.1) is 11.6 Å². The standard InChI is InChI=1S/C13H21N5O/c14-13(3-1-2-4-13)12-15-11(16-19-12)10-9-17-5-7-18(10)8-6-17/h10H,1-9,14H2. The Labute approximate surface area is 112 Å². The van der Waals surface area contributed by atoms with Gasteiger partial charge in [-0.1, -0.05) is 18.0 Å². The van der Waals surface area contributed by atoms with E-state index in [1.807, 2.05) is 0 Å². The van der Waals surface area contributed by atoms with Crippen LogP contribution < -0.4 is 5.73 Å². The lowest BCUT2D eigenvalue weighted by Crippen LogP contribution is -2.57. The molecule has 4 fully saturated rings. The lowest BCUT2D eigenvalue weighted by atomic mass is 9.99. The maximum atomic E-state index is 6.38. The van der Waals surface area contributed by atoms with Crippen molar-refractivity contribution < 1.29 is 4.52 Å². The molecule has 1 aromatic heterocycles. The van der Waals surface area contributed by atoms with E-state index in [2.05, 4.69) is 19.9 Å². The van der Waals surface area contributed by atoms with Crippen molar-refractivity contribution in [2.45, 2.75) is 37.3 Å². The van der Waals surface area contributed by atoms with Crippen molar-refractivity contribution in [3.63, 3.8) is 0 Å².